The first-order valence-electron chi connectivity index (χ1n) is 11.5. The van der Waals surface area contributed by atoms with Crippen molar-refractivity contribution in [3.8, 4) is 0 Å². The minimum atomic E-state index is 0.136. The number of benzene rings is 2. The molecular formula is C27H33NO2. The van der Waals surface area contributed by atoms with Crippen LogP contribution in [-0.2, 0) is 16.0 Å². The van der Waals surface area contributed by atoms with E-state index in [0.717, 1.165) is 19.4 Å². The standard InChI is InChI=1S/C27H33NO2/c1-26(2)21-17-22-24(20-11-7-4-8-12-20)30-16-15-27(22,18-21)25(26)28-23(29)14-13-19-9-5-3-6-10-19/h3-12,21-22,24-25H,13-18H2,1-2H3,(H,28,29)/t21-,22-,24-,25+,27-/m1/s1. The molecule has 3 aliphatic rings. The minimum absolute atomic E-state index is 0.136. The van der Waals surface area contributed by atoms with Gasteiger partial charge in [-0.15, -0.1) is 0 Å². The zero-order valence-corrected chi connectivity index (χ0v) is 18.1. The highest BCUT2D eigenvalue weighted by Gasteiger charge is 2.68. The maximum Gasteiger partial charge on any atom is 0.220 e. The van der Waals surface area contributed by atoms with Crippen LogP contribution >= 0.6 is 0 Å². The van der Waals surface area contributed by atoms with E-state index < -0.39 is 0 Å². The van der Waals surface area contributed by atoms with Gasteiger partial charge in [0, 0.05) is 19.1 Å². The molecule has 2 bridgehead atoms. The number of aryl methyl sites for hydroxylation is 1. The molecule has 2 aromatic rings. The maximum absolute atomic E-state index is 13.0. The van der Waals surface area contributed by atoms with Crippen molar-refractivity contribution in [1.82, 2.24) is 5.32 Å². The van der Waals surface area contributed by atoms with Gasteiger partial charge in [-0.25, -0.2) is 0 Å². The van der Waals surface area contributed by atoms with Crippen LogP contribution in [0.3, 0.4) is 0 Å². The lowest BCUT2D eigenvalue weighted by molar-refractivity contribution is -0.137. The highest BCUT2D eigenvalue weighted by molar-refractivity contribution is 5.77. The second-order valence-electron chi connectivity index (χ2n) is 10.2. The fourth-order valence-electron chi connectivity index (χ4n) is 6.90. The molecular weight excluding hydrogens is 370 g/mol. The van der Waals surface area contributed by atoms with Crippen LogP contribution in [0.1, 0.15) is 56.8 Å². The average molecular weight is 404 g/mol. The Kier molecular flexibility index (Phi) is 4.97. The number of hydrogen-bond donors (Lipinski definition) is 1. The van der Waals surface area contributed by atoms with Gasteiger partial charge < -0.3 is 10.1 Å². The highest BCUT2D eigenvalue weighted by atomic mass is 16.5. The van der Waals surface area contributed by atoms with Gasteiger partial charge in [0.2, 0.25) is 5.91 Å². The molecule has 1 spiro atoms. The van der Waals surface area contributed by atoms with Gasteiger partial charge >= 0.3 is 0 Å². The largest absolute Gasteiger partial charge is 0.373 e. The van der Waals surface area contributed by atoms with E-state index in [1.807, 2.05) is 18.2 Å². The normalized spacial score (nSPS) is 33.8. The number of rotatable bonds is 5. The molecule has 3 fully saturated rings. The third-order valence-corrected chi connectivity index (χ3v) is 8.42. The number of nitrogens with one attached hydrogen (secondary N) is 1. The lowest BCUT2D eigenvalue weighted by Crippen LogP contribution is -2.58. The van der Waals surface area contributed by atoms with Crippen LogP contribution in [-0.4, -0.2) is 18.6 Å². The molecule has 1 N–H and O–H groups in total. The van der Waals surface area contributed by atoms with Crippen molar-refractivity contribution in [3.63, 3.8) is 0 Å². The summed E-state index contributed by atoms with van der Waals surface area (Å²) in [6.07, 6.45) is 5.01. The van der Waals surface area contributed by atoms with Crippen molar-refractivity contribution < 1.29 is 9.53 Å². The molecule has 3 nitrogen and oxygen atoms in total. The third kappa shape index (κ3) is 3.19. The predicted octanol–water partition coefficient (Wildman–Crippen LogP) is 5.32. The first kappa shape index (κ1) is 19.8. The Morgan fingerprint density at radius 1 is 1.07 bits per heavy atom. The Balaban J connectivity index is 1.36. The van der Waals surface area contributed by atoms with Crippen LogP contribution < -0.4 is 5.32 Å². The lowest BCUT2D eigenvalue weighted by atomic mass is 9.59. The van der Waals surface area contributed by atoms with Gasteiger partial charge in [-0.05, 0) is 59.5 Å². The summed E-state index contributed by atoms with van der Waals surface area (Å²) >= 11 is 0. The fraction of sp³-hybridized carbons (Fsp3) is 0.519. The Labute approximate surface area is 180 Å². The molecule has 1 heterocycles. The van der Waals surface area contributed by atoms with Gasteiger partial charge in [0.25, 0.3) is 0 Å². The minimum Gasteiger partial charge on any atom is -0.373 e. The number of amides is 1. The maximum atomic E-state index is 13.0. The zero-order valence-electron chi connectivity index (χ0n) is 18.1. The fourth-order valence-corrected chi connectivity index (χ4v) is 6.90. The average Bonchev–Trinajstić information content (AvgIpc) is 3.26. The Morgan fingerprint density at radius 2 is 1.77 bits per heavy atom. The molecule has 0 radical (unpaired) electrons. The highest BCUT2D eigenvalue weighted by Crippen LogP contribution is 2.70. The van der Waals surface area contributed by atoms with E-state index in [-0.39, 0.29) is 28.9 Å². The lowest BCUT2D eigenvalue weighted by Gasteiger charge is -2.53. The monoisotopic (exact) mass is 403 g/mol. The SMILES string of the molecule is CC1(C)[C@@H]2C[C@@H]3[C@@H](c4ccccc4)OCC[C@]3(C2)[C@H]1NC(=O)CCc1ccccc1. The number of hydrogen-bond acceptors (Lipinski definition) is 2. The Hall–Kier alpha value is -2.13. The van der Waals surface area contributed by atoms with Crippen molar-refractivity contribution in [2.75, 3.05) is 6.61 Å². The number of carbonyl (C=O) groups excluding carboxylic acids is 1. The summed E-state index contributed by atoms with van der Waals surface area (Å²) in [5.74, 6) is 1.33. The van der Waals surface area contributed by atoms with E-state index in [2.05, 4.69) is 61.6 Å². The van der Waals surface area contributed by atoms with Crippen LogP contribution in [0.2, 0.25) is 0 Å². The molecule has 0 aromatic heterocycles. The second-order valence-corrected chi connectivity index (χ2v) is 10.2. The van der Waals surface area contributed by atoms with Gasteiger partial charge in [-0.1, -0.05) is 74.5 Å². The summed E-state index contributed by atoms with van der Waals surface area (Å²) < 4.78 is 6.34. The summed E-state index contributed by atoms with van der Waals surface area (Å²) in [6.45, 7) is 5.53. The van der Waals surface area contributed by atoms with E-state index in [1.165, 1.54) is 24.0 Å². The first-order valence-corrected chi connectivity index (χ1v) is 11.5. The predicted molar refractivity (Wildman–Crippen MR) is 119 cm³/mol. The summed E-state index contributed by atoms with van der Waals surface area (Å²) in [4.78, 5) is 13.0. The van der Waals surface area contributed by atoms with Crippen molar-refractivity contribution >= 4 is 5.91 Å². The molecule has 3 heteroatoms. The van der Waals surface area contributed by atoms with Crippen molar-refractivity contribution in [1.29, 1.82) is 0 Å². The Morgan fingerprint density at radius 3 is 2.50 bits per heavy atom. The number of fused-ring (bicyclic) bond motifs is 1. The Bertz CT molecular complexity index is 894. The molecule has 2 aromatic carbocycles. The van der Waals surface area contributed by atoms with Crippen LogP contribution in [0.5, 0.6) is 0 Å². The first-order chi connectivity index (χ1) is 14.5. The zero-order chi connectivity index (χ0) is 20.8. The summed E-state index contributed by atoms with van der Waals surface area (Å²) in [5.41, 5.74) is 2.82. The molecule has 0 unspecified atom stereocenters. The van der Waals surface area contributed by atoms with E-state index in [4.69, 9.17) is 4.74 Å². The molecule has 30 heavy (non-hydrogen) atoms. The van der Waals surface area contributed by atoms with Crippen molar-refractivity contribution in [3.05, 3.63) is 71.8 Å². The molecule has 1 amide bonds. The van der Waals surface area contributed by atoms with Gasteiger partial charge in [0.05, 0.1) is 6.10 Å². The molecule has 1 saturated heterocycles. The molecule has 5 rings (SSSR count). The topological polar surface area (TPSA) is 38.3 Å². The quantitative estimate of drug-likeness (QED) is 0.734. The molecule has 2 aliphatic carbocycles. The van der Waals surface area contributed by atoms with Crippen LogP contribution in [0.15, 0.2) is 60.7 Å². The van der Waals surface area contributed by atoms with E-state index >= 15 is 0 Å². The van der Waals surface area contributed by atoms with Gasteiger partial charge in [-0.2, -0.15) is 0 Å². The molecule has 5 atom stereocenters. The third-order valence-electron chi connectivity index (χ3n) is 8.42. The van der Waals surface area contributed by atoms with Crippen molar-refractivity contribution in [2.45, 2.75) is 58.1 Å². The van der Waals surface area contributed by atoms with Crippen molar-refractivity contribution in [2.24, 2.45) is 22.7 Å². The summed E-state index contributed by atoms with van der Waals surface area (Å²) in [7, 11) is 0. The van der Waals surface area contributed by atoms with E-state index in [9.17, 15) is 4.79 Å². The van der Waals surface area contributed by atoms with Gasteiger partial charge in [0.1, 0.15) is 0 Å². The van der Waals surface area contributed by atoms with Gasteiger partial charge in [-0.3, -0.25) is 4.79 Å². The second kappa shape index (κ2) is 7.53. The number of ether oxygens (including phenoxy) is 1. The van der Waals surface area contributed by atoms with E-state index in [1.54, 1.807) is 0 Å². The van der Waals surface area contributed by atoms with E-state index in [0.29, 0.717) is 18.3 Å². The van der Waals surface area contributed by atoms with Crippen LogP contribution in [0, 0.1) is 22.7 Å². The van der Waals surface area contributed by atoms with Crippen LogP contribution in [0.25, 0.3) is 0 Å². The van der Waals surface area contributed by atoms with Crippen LogP contribution in [0.4, 0.5) is 0 Å². The summed E-state index contributed by atoms with van der Waals surface area (Å²) in [6, 6.07) is 21.2. The molecule has 158 valence electrons. The smallest absolute Gasteiger partial charge is 0.220 e. The number of carbonyl (C=O) groups is 1. The summed E-state index contributed by atoms with van der Waals surface area (Å²) in [5, 5.41) is 3.54. The van der Waals surface area contributed by atoms with Gasteiger partial charge in [0.15, 0.2) is 0 Å². The molecule has 1 aliphatic heterocycles. The molecule has 2 saturated carbocycles.